The molecule has 0 unspecified atom stereocenters. The number of aromatic nitrogens is 2. The molecule has 1 N–H and O–H groups in total. The molecule has 80 valence electrons. The van der Waals surface area contributed by atoms with Crippen LogP contribution in [0.25, 0.3) is 0 Å². The summed E-state index contributed by atoms with van der Waals surface area (Å²) in [4.78, 5) is 12.8. The van der Waals surface area contributed by atoms with Gasteiger partial charge in [0.2, 0.25) is 5.91 Å². The fraction of sp³-hybridized carbons (Fsp3) is 0.600. The summed E-state index contributed by atoms with van der Waals surface area (Å²) in [6.07, 6.45) is 2.23. The molecule has 0 spiro atoms. The van der Waals surface area contributed by atoms with Crippen LogP contribution in [-0.4, -0.2) is 28.1 Å². The molecule has 0 saturated carbocycles. The summed E-state index contributed by atoms with van der Waals surface area (Å²) >= 11 is 0. The van der Waals surface area contributed by atoms with Crippen LogP contribution in [0.15, 0.2) is 12.3 Å². The first-order valence-electron chi connectivity index (χ1n) is 4.96. The summed E-state index contributed by atoms with van der Waals surface area (Å²) in [7, 11) is 1.78. The summed E-state index contributed by atoms with van der Waals surface area (Å²) in [5.41, 5.74) is 0.958. The Morgan fingerprint density at radius 3 is 2.64 bits per heavy atom. The van der Waals surface area contributed by atoms with Gasteiger partial charge in [0.25, 0.3) is 0 Å². The van der Waals surface area contributed by atoms with Gasteiger partial charge in [0.05, 0.1) is 12.2 Å². The van der Waals surface area contributed by atoms with E-state index < -0.39 is 0 Å². The van der Waals surface area contributed by atoms with Gasteiger partial charge in [-0.15, -0.1) is 0 Å². The summed E-state index contributed by atoms with van der Waals surface area (Å²) < 4.78 is 0. The van der Waals surface area contributed by atoms with Crippen molar-refractivity contribution in [3.05, 3.63) is 18.0 Å². The highest BCUT2D eigenvalue weighted by atomic mass is 16.2. The van der Waals surface area contributed by atoms with Crippen LogP contribution >= 0.6 is 0 Å². The lowest BCUT2D eigenvalue weighted by Gasteiger charge is -2.14. The zero-order valence-electron chi connectivity index (χ0n) is 9.37. The largest absolute Gasteiger partial charge is 0.340 e. The Bertz CT molecular complexity index is 244. The monoisotopic (exact) mass is 197 g/mol. The first-order chi connectivity index (χ1) is 6.74. The third-order valence-electron chi connectivity index (χ3n) is 1.69. The van der Waals surface area contributed by atoms with Gasteiger partial charge in [-0.3, -0.25) is 9.89 Å². The second kappa shape index (κ2) is 7.12. The molecule has 0 radical (unpaired) electrons. The lowest BCUT2D eigenvalue weighted by atomic mass is 10.3. The van der Waals surface area contributed by atoms with E-state index in [1.54, 1.807) is 18.1 Å². The molecule has 0 aromatic carbocycles. The molecule has 1 rings (SSSR count). The van der Waals surface area contributed by atoms with Crippen molar-refractivity contribution in [1.29, 1.82) is 0 Å². The predicted molar refractivity (Wildman–Crippen MR) is 56.7 cm³/mol. The first kappa shape index (κ1) is 12.7. The number of carbonyl (C=O) groups is 1. The van der Waals surface area contributed by atoms with E-state index >= 15 is 0 Å². The van der Waals surface area contributed by atoms with Crippen LogP contribution in [0.3, 0.4) is 0 Å². The maximum Gasteiger partial charge on any atom is 0.222 e. The van der Waals surface area contributed by atoms with E-state index in [1.165, 1.54) is 0 Å². The van der Waals surface area contributed by atoms with Gasteiger partial charge in [0.1, 0.15) is 0 Å². The van der Waals surface area contributed by atoms with E-state index in [2.05, 4.69) is 10.2 Å². The van der Waals surface area contributed by atoms with E-state index in [-0.39, 0.29) is 5.91 Å². The van der Waals surface area contributed by atoms with Gasteiger partial charge in [-0.2, -0.15) is 5.10 Å². The van der Waals surface area contributed by atoms with Gasteiger partial charge in [-0.25, -0.2) is 0 Å². The highest BCUT2D eigenvalue weighted by molar-refractivity contribution is 5.75. The van der Waals surface area contributed by atoms with Crippen molar-refractivity contribution < 1.29 is 4.79 Å². The number of hydrogen-bond donors (Lipinski definition) is 1. The van der Waals surface area contributed by atoms with Crippen LogP contribution in [0.4, 0.5) is 0 Å². The Balaban J connectivity index is 0.000000791. The minimum atomic E-state index is 0.143. The fourth-order valence-electron chi connectivity index (χ4n) is 0.986. The molecule has 0 aliphatic rings. The topological polar surface area (TPSA) is 49.0 Å². The molecule has 0 atom stereocenters. The zero-order valence-corrected chi connectivity index (χ0v) is 9.37. The van der Waals surface area contributed by atoms with Crippen molar-refractivity contribution >= 4 is 5.91 Å². The Morgan fingerprint density at radius 1 is 1.57 bits per heavy atom. The average Bonchev–Trinajstić information content (AvgIpc) is 2.72. The molecule has 1 heterocycles. The number of amides is 1. The Hall–Kier alpha value is -1.32. The molecule has 1 aromatic rings. The summed E-state index contributed by atoms with van der Waals surface area (Å²) in [5, 5.41) is 6.60. The maximum absolute atomic E-state index is 11.1. The standard InChI is InChI=1S/C8H13N3O.C2H6/c1-3-8(12)11(2)6-7-4-5-9-10-7;1-2/h4-5H,3,6H2,1-2H3,(H,9,10);1-2H3. The van der Waals surface area contributed by atoms with Crippen LogP contribution in [-0.2, 0) is 11.3 Å². The van der Waals surface area contributed by atoms with Gasteiger partial charge < -0.3 is 4.90 Å². The maximum atomic E-state index is 11.1. The SMILES string of the molecule is CC.CCC(=O)N(C)Cc1ccn[nH]1. The smallest absolute Gasteiger partial charge is 0.222 e. The molecule has 14 heavy (non-hydrogen) atoms. The van der Waals surface area contributed by atoms with Gasteiger partial charge in [-0.1, -0.05) is 20.8 Å². The number of aromatic amines is 1. The number of H-pyrrole nitrogens is 1. The second-order valence-corrected chi connectivity index (χ2v) is 2.69. The minimum Gasteiger partial charge on any atom is -0.340 e. The number of nitrogens with zero attached hydrogens (tertiary/aromatic N) is 2. The predicted octanol–water partition coefficient (Wildman–Crippen LogP) is 1.80. The molecule has 0 aliphatic carbocycles. The highest BCUT2D eigenvalue weighted by Gasteiger charge is 2.06. The number of nitrogens with one attached hydrogen (secondary N) is 1. The lowest BCUT2D eigenvalue weighted by molar-refractivity contribution is -0.130. The highest BCUT2D eigenvalue weighted by Crippen LogP contribution is 1.99. The van der Waals surface area contributed by atoms with Gasteiger partial charge in [0.15, 0.2) is 0 Å². The molecule has 4 nitrogen and oxygen atoms in total. The molecular formula is C10H19N3O. The summed E-state index contributed by atoms with van der Waals surface area (Å²) in [6.45, 7) is 6.46. The first-order valence-corrected chi connectivity index (χ1v) is 4.96. The Morgan fingerprint density at radius 2 is 2.21 bits per heavy atom. The number of hydrogen-bond acceptors (Lipinski definition) is 2. The van der Waals surface area contributed by atoms with Crippen LogP contribution in [0, 0.1) is 0 Å². The zero-order chi connectivity index (χ0) is 11.0. The van der Waals surface area contributed by atoms with Crippen molar-refractivity contribution in [3.63, 3.8) is 0 Å². The van der Waals surface area contributed by atoms with Crippen LogP contribution in [0.1, 0.15) is 32.9 Å². The molecule has 1 amide bonds. The van der Waals surface area contributed by atoms with E-state index in [0.29, 0.717) is 13.0 Å². The normalized spacial score (nSPS) is 8.86. The van der Waals surface area contributed by atoms with Crippen molar-refractivity contribution in [3.8, 4) is 0 Å². The lowest BCUT2D eigenvalue weighted by Crippen LogP contribution is -2.25. The average molecular weight is 197 g/mol. The molecular weight excluding hydrogens is 178 g/mol. The van der Waals surface area contributed by atoms with Crippen molar-refractivity contribution in [2.24, 2.45) is 0 Å². The van der Waals surface area contributed by atoms with Crippen LogP contribution in [0.5, 0.6) is 0 Å². The summed E-state index contributed by atoms with van der Waals surface area (Å²) in [6, 6.07) is 1.86. The quantitative estimate of drug-likeness (QED) is 0.803. The molecule has 0 aliphatic heterocycles. The van der Waals surface area contributed by atoms with Crippen LogP contribution < -0.4 is 0 Å². The van der Waals surface area contributed by atoms with Crippen molar-refractivity contribution in [1.82, 2.24) is 15.1 Å². The number of carbonyl (C=O) groups excluding carboxylic acids is 1. The van der Waals surface area contributed by atoms with E-state index in [0.717, 1.165) is 5.69 Å². The van der Waals surface area contributed by atoms with Crippen molar-refractivity contribution in [2.45, 2.75) is 33.7 Å². The third kappa shape index (κ3) is 4.07. The molecule has 1 aromatic heterocycles. The van der Waals surface area contributed by atoms with Crippen LogP contribution in [0.2, 0.25) is 0 Å². The van der Waals surface area contributed by atoms with E-state index in [4.69, 9.17) is 0 Å². The van der Waals surface area contributed by atoms with E-state index in [1.807, 2.05) is 26.8 Å². The minimum absolute atomic E-state index is 0.143. The van der Waals surface area contributed by atoms with Gasteiger partial charge in [-0.05, 0) is 6.07 Å². The van der Waals surface area contributed by atoms with Crippen molar-refractivity contribution in [2.75, 3.05) is 7.05 Å². The Labute approximate surface area is 85.3 Å². The fourth-order valence-corrected chi connectivity index (χ4v) is 0.986. The third-order valence-corrected chi connectivity index (χ3v) is 1.69. The van der Waals surface area contributed by atoms with Gasteiger partial charge in [0, 0.05) is 19.7 Å². The number of rotatable bonds is 3. The summed E-state index contributed by atoms with van der Waals surface area (Å²) in [5.74, 6) is 0.143. The molecule has 0 fully saturated rings. The Kier molecular flexibility index (Phi) is 6.45. The molecule has 0 bridgehead atoms. The van der Waals surface area contributed by atoms with Gasteiger partial charge >= 0.3 is 0 Å². The van der Waals surface area contributed by atoms with E-state index in [9.17, 15) is 4.79 Å². The molecule has 0 saturated heterocycles. The molecule has 4 heteroatoms. The second-order valence-electron chi connectivity index (χ2n) is 2.69.